The van der Waals surface area contributed by atoms with E-state index in [1.54, 1.807) is 18.4 Å². The fraction of sp³-hybridized carbons (Fsp3) is 0.389. The number of amides is 1. The summed E-state index contributed by atoms with van der Waals surface area (Å²) in [5, 5.41) is 6.75. The highest BCUT2D eigenvalue weighted by Crippen LogP contribution is 2.23. The number of halogens is 1. The summed E-state index contributed by atoms with van der Waals surface area (Å²) >= 11 is 6.06. The van der Waals surface area contributed by atoms with E-state index < -0.39 is 0 Å². The van der Waals surface area contributed by atoms with E-state index in [0.29, 0.717) is 23.9 Å². The maximum absolute atomic E-state index is 11.9. The molecular weight excluding hydrogens is 328 g/mol. The molecule has 1 aromatic heterocycles. The first kappa shape index (κ1) is 18.4. The Morgan fingerprint density at radius 2 is 2.04 bits per heavy atom. The Labute approximate surface area is 147 Å². The van der Waals surface area contributed by atoms with Crippen LogP contribution in [-0.2, 0) is 17.9 Å². The second-order valence-corrected chi connectivity index (χ2v) is 6.96. The van der Waals surface area contributed by atoms with Gasteiger partial charge in [0.25, 0.3) is 5.91 Å². The first-order valence-electron chi connectivity index (χ1n) is 7.79. The van der Waals surface area contributed by atoms with E-state index in [2.05, 4.69) is 10.6 Å². The number of rotatable bonds is 7. The average molecular weight is 351 g/mol. The molecule has 0 saturated heterocycles. The van der Waals surface area contributed by atoms with Crippen LogP contribution in [0.2, 0.25) is 5.02 Å². The van der Waals surface area contributed by atoms with Gasteiger partial charge in [0, 0.05) is 22.7 Å². The van der Waals surface area contributed by atoms with Gasteiger partial charge in [0.15, 0.2) is 6.61 Å². The Morgan fingerprint density at radius 3 is 2.71 bits per heavy atom. The molecule has 0 spiro atoms. The third-order valence-electron chi connectivity index (χ3n) is 3.09. The molecule has 1 amide bonds. The highest BCUT2D eigenvalue weighted by Gasteiger charge is 2.14. The maximum atomic E-state index is 11.9. The molecule has 5 nitrogen and oxygen atoms in total. The lowest BCUT2D eigenvalue weighted by molar-refractivity contribution is -0.124. The van der Waals surface area contributed by atoms with Crippen molar-refractivity contribution in [2.24, 2.45) is 0 Å². The second-order valence-electron chi connectivity index (χ2n) is 6.52. The zero-order valence-electron chi connectivity index (χ0n) is 14.2. The van der Waals surface area contributed by atoms with Gasteiger partial charge in [-0.25, -0.2) is 0 Å². The van der Waals surface area contributed by atoms with Gasteiger partial charge < -0.3 is 19.8 Å². The summed E-state index contributed by atoms with van der Waals surface area (Å²) < 4.78 is 10.9. The molecule has 1 aromatic carbocycles. The van der Waals surface area contributed by atoms with E-state index in [4.69, 9.17) is 20.8 Å². The van der Waals surface area contributed by atoms with Gasteiger partial charge in [-0.05, 0) is 51.1 Å². The Kier molecular flexibility index (Phi) is 6.29. The Hall–Kier alpha value is -1.98. The molecule has 0 radical (unpaired) electrons. The van der Waals surface area contributed by atoms with Gasteiger partial charge in [0.1, 0.15) is 11.5 Å². The van der Waals surface area contributed by atoms with E-state index in [1.807, 2.05) is 39.0 Å². The summed E-state index contributed by atoms with van der Waals surface area (Å²) in [7, 11) is 0. The Balaban J connectivity index is 1.92. The minimum atomic E-state index is -0.284. The molecule has 0 fully saturated rings. The fourth-order valence-corrected chi connectivity index (χ4v) is 2.35. The molecule has 2 N–H and O–H groups in total. The quantitative estimate of drug-likeness (QED) is 0.802. The summed E-state index contributed by atoms with van der Waals surface area (Å²) in [4.78, 5) is 11.9. The van der Waals surface area contributed by atoms with Gasteiger partial charge in [-0.2, -0.15) is 0 Å². The molecule has 0 saturated carbocycles. The number of carbonyl (C=O) groups is 1. The lowest BCUT2D eigenvalue weighted by atomic mass is 10.1. The van der Waals surface area contributed by atoms with E-state index in [1.165, 1.54) is 0 Å². The number of hydrogen-bond acceptors (Lipinski definition) is 4. The molecule has 2 rings (SSSR count). The summed E-state index contributed by atoms with van der Waals surface area (Å²) in [6.45, 7) is 6.90. The molecule has 0 bridgehead atoms. The van der Waals surface area contributed by atoms with Crippen LogP contribution in [0.25, 0.3) is 0 Å². The van der Waals surface area contributed by atoms with Crippen molar-refractivity contribution in [3.05, 3.63) is 52.9 Å². The van der Waals surface area contributed by atoms with Crippen LogP contribution in [0.4, 0.5) is 0 Å². The highest BCUT2D eigenvalue weighted by atomic mass is 35.5. The van der Waals surface area contributed by atoms with E-state index >= 15 is 0 Å². The molecule has 0 aliphatic heterocycles. The summed E-state index contributed by atoms with van der Waals surface area (Å²) in [6, 6.07) is 9.09. The van der Waals surface area contributed by atoms with Crippen LogP contribution >= 0.6 is 11.6 Å². The van der Waals surface area contributed by atoms with E-state index in [0.717, 1.165) is 11.3 Å². The molecule has 130 valence electrons. The number of benzene rings is 1. The summed E-state index contributed by atoms with van der Waals surface area (Å²) in [6.07, 6.45) is 1.64. The summed E-state index contributed by atoms with van der Waals surface area (Å²) in [5.74, 6) is 1.33. The van der Waals surface area contributed by atoms with Crippen LogP contribution in [0, 0.1) is 0 Å². The molecule has 0 aliphatic rings. The van der Waals surface area contributed by atoms with Gasteiger partial charge in [-0.15, -0.1) is 0 Å². The molecule has 24 heavy (non-hydrogen) atoms. The highest BCUT2D eigenvalue weighted by molar-refractivity contribution is 6.30. The van der Waals surface area contributed by atoms with Crippen LogP contribution in [0.5, 0.6) is 5.75 Å². The van der Waals surface area contributed by atoms with Crippen molar-refractivity contribution in [3.8, 4) is 5.75 Å². The van der Waals surface area contributed by atoms with Crippen LogP contribution in [0.3, 0.4) is 0 Å². The first-order valence-corrected chi connectivity index (χ1v) is 8.16. The SMILES string of the molecule is CC(C)(C)NC(=O)COc1ccc(Cl)cc1CNCc1ccco1. The lowest BCUT2D eigenvalue weighted by Gasteiger charge is -2.21. The molecule has 0 atom stereocenters. The number of ether oxygens (including phenoxy) is 1. The number of carbonyl (C=O) groups excluding carboxylic acids is 1. The Bertz CT molecular complexity index is 663. The average Bonchev–Trinajstić information content (AvgIpc) is 2.98. The van der Waals surface area contributed by atoms with Gasteiger partial charge in [0.05, 0.1) is 12.8 Å². The van der Waals surface area contributed by atoms with Gasteiger partial charge in [-0.1, -0.05) is 11.6 Å². The normalized spacial score (nSPS) is 11.3. The van der Waals surface area contributed by atoms with Crippen molar-refractivity contribution in [1.29, 1.82) is 0 Å². The Morgan fingerprint density at radius 1 is 1.25 bits per heavy atom. The lowest BCUT2D eigenvalue weighted by Crippen LogP contribution is -2.43. The van der Waals surface area contributed by atoms with E-state index in [9.17, 15) is 4.79 Å². The van der Waals surface area contributed by atoms with Gasteiger partial charge >= 0.3 is 0 Å². The third-order valence-corrected chi connectivity index (χ3v) is 3.33. The topological polar surface area (TPSA) is 63.5 Å². The number of hydrogen-bond donors (Lipinski definition) is 2. The summed E-state index contributed by atoms with van der Waals surface area (Å²) in [5.41, 5.74) is 0.603. The molecular formula is C18H23ClN2O3. The number of furan rings is 1. The predicted octanol–water partition coefficient (Wildman–Crippen LogP) is 3.52. The van der Waals surface area contributed by atoms with Crippen LogP contribution < -0.4 is 15.4 Å². The molecule has 2 aromatic rings. The van der Waals surface area contributed by atoms with E-state index in [-0.39, 0.29) is 18.1 Å². The third kappa shape index (κ3) is 6.26. The first-order chi connectivity index (χ1) is 11.3. The largest absolute Gasteiger partial charge is 0.483 e. The molecule has 0 unspecified atom stereocenters. The van der Waals surface area contributed by atoms with Crippen LogP contribution in [-0.4, -0.2) is 18.1 Å². The number of nitrogens with one attached hydrogen (secondary N) is 2. The van der Waals surface area contributed by atoms with Gasteiger partial charge in [-0.3, -0.25) is 4.79 Å². The molecule has 1 heterocycles. The maximum Gasteiger partial charge on any atom is 0.258 e. The minimum absolute atomic E-state index is 0.0376. The fourth-order valence-electron chi connectivity index (χ4n) is 2.16. The van der Waals surface area contributed by atoms with Crippen molar-refractivity contribution in [1.82, 2.24) is 10.6 Å². The zero-order valence-corrected chi connectivity index (χ0v) is 14.9. The molecule has 6 heteroatoms. The minimum Gasteiger partial charge on any atom is -0.483 e. The van der Waals surface area contributed by atoms with Crippen LogP contribution in [0.15, 0.2) is 41.0 Å². The molecule has 0 aliphatic carbocycles. The van der Waals surface area contributed by atoms with Crippen molar-refractivity contribution >= 4 is 17.5 Å². The monoisotopic (exact) mass is 350 g/mol. The van der Waals surface area contributed by atoms with Crippen molar-refractivity contribution in [2.75, 3.05) is 6.61 Å². The predicted molar refractivity (Wildman–Crippen MR) is 94.1 cm³/mol. The van der Waals surface area contributed by atoms with Crippen LogP contribution in [0.1, 0.15) is 32.1 Å². The standard InChI is InChI=1S/C18H23ClN2O3/c1-18(2,3)21-17(22)12-24-16-7-6-14(19)9-13(16)10-20-11-15-5-4-8-23-15/h4-9,20H,10-12H2,1-3H3,(H,21,22). The zero-order chi connectivity index (χ0) is 17.6. The second kappa shape index (κ2) is 8.22. The van der Waals surface area contributed by atoms with Crippen molar-refractivity contribution < 1.29 is 13.9 Å². The van der Waals surface area contributed by atoms with Crippen molar-refractivity contribution in [2.45, 2.75) is 39.4 Å². The van der Waals surface area contributed by atoms with Crippen molar-refractivity contribution in [3.63, 3.8) is 0 Å². The van der Waals surface area contributed by atoms with Gasteiger partial charge in [0.2, 0.25) is 0 Å². The smallest absolute Gasteiger partial charge is 0.258 e.